The van der Waals surface area contributed by atoms with E-state index in [-0.39, 0.29) is 5.91 Å². The van der Waals surface area contributed by atoms with Crippen molar-refractivity contribution in [1.29, 1.82) is 0 Å². The second-order valence-corrected chi connectivity index (χ2v) is 6.82. The number of likely N-dealkylation sites (tertiary alicyclic amines) is 2. The molecule has 2 fully saturated rings. The van der Waals surface area contributed by atoms with Crippen LogP contribution in [0, 0.1) is 0 Å². The van der Waals surface area contributed by atoms with Crippen LogP contribution in [0.25, 0.3) is 11.6 Å². The van der Waals surface area contributed by atoms with Crippen molar-refractivity contribution in [2.24, 2.45) is 0 Å². The van der Waals surface area contributed by atoms with E-state index in [1.807, 2.05) is 13.0 Å². The predicted octanol–water partition coefficient (Wildman–Crippen LogP) is 2.70. The zero-order chi connectivity index (χ0) is 17.2. The number of aromatic nitrogens is 2. The summed E-state index contributed by atoms with van der Waals surface area (Å²) in [6, 6.07) is 4.33. The van der Waals surface area contributed by atoms with E-state index in [0.29, 0.717) is 42.5 Å². The molecule has 4 heterocycles. The molecule has 0 aromatic carbocycles. The minimum Gasteiger partial charge on any atom is -0.461 e. The largest absolute Gasteiger partial charge is 0.461 e. The highest BCUT2D eigenvalue weighted by Crippen LogP contribution is 2.31. The first-order valence-corrected chi connectivity index (χ1v) is 9.16. The smallest absolute Gasteiger partial charge is 0.241 e. The van der Waals surface area contributed by atoms with Crippen LogP contribution in [0.15, 0.2) is 27.3 Å². The fourth-order valence-corrected chi connectivity index (χ4v) is 4.19. The van der Waals surface area contributed by atoms with Crippen LogP contribution in [-0.4, -0.2) is 51.0 Å². The van der Waals surface area contributed by atoms with Gasteiger partial charge in [0.05, 0.1) is 12.8 Å². The number of hydrogen-bond acceptors (Lipinski definition) is 6. The first-order valence-electron chi connectivity index (χ1n) is 9.16. The zero-order valence-electron chi connectivity index (χ0n) is 14.6. The molecule has 0 N–H and O–H groups in total. The molecule has 0 saturated carbocycles. The molecule has 7 nitrogen and oxygen atoms in total. The SMILES string of the molecule is CCC(=O)N1CCC[C@@H]1[C@H]1CCCN1Cc1nc(-c2ccco2)no1. The van der Waals surface area contributed by atoms with Crippen molar-refractivity contribution in [2.45, 2.75) is 57.7 Å². The van der Waals surface area contributed by atoms with Crippen LogP contribution in [0.5, 0.6) is 0 Å². The molecule has 134 valence electrons. The molecular formula is C18H24N4O3. The van der Waals surface area contributed by atoms with Crippen LogP contribution in [0.1, 0.15) is 44.9 Å². The number of nitrogens with zero attached hydrogens (tertiary/aromatic N) is 4. The van der Waals surface area contributed by atoms with Gasteiger partial charge in [0.2, 0.25) is 17.6 Å². The van der Waals surface area contributed by atoms with Crippen LogP contribution < -0.4 is 0 Å². The molecule has 25 heavy (non-hydrogen) atoms. The molecule has 0 unspecified atom stereocenters. The molecular weight excluding hydrogens is 320 g/mol. The lowest BCUT2D eigenvalue weighted by molar-refractivity contribution is -0.132. The quantitative estimate of drug-likeness (QED) is 0.830. The summed E-state index contributed by atoms with van der Waals surface area (Å²) in [5.74, 6) is 1.97. The van der Waals surface area contributed by atoms with Gasteiger partial charge in [-0.05, 0) is 44.4 Å². The third-order valence-electron chi connectivity index (χ3n) is 5.33. The molecule has 2 aliphatic heterocycles. The van der Waals surface area contributed by atoms with Crippen LogP contribution in [0.4, 0.5) is 0 Å². The number of carbonyl (C=O) groups excluding carboxylic acids is 1. The molecule has 0 spiro atoms. The summed E-state index contributed by atoms with van der Waals surface area (Å²) in [6.07, 6.45) is 6.64. The van der Waals surface area contributed by atoms with Crippen LogP contribution in [0.3, 0.4) is 0 Å². The molecule has 0 bridgehead atoms. The highest BCUT2D eigenvalue weighted by Gasteiger charge is 2.39. The average molecular weight is 344 g/mol. The van der Waals surface area contributed by atoms with Gasteiger partial charge in [-0.3, -0.25) is 9.69 Å². The summed E-state index contributed by atoms with van der Waals surface area (Å²) in [5, 5.41) is 4.01. The summed E-state index contributed by atoms with van der Waals surface area (Å²) in [4.78, 5) is 21.2. The first-order chi connectivity index (χ1) is 12.3. The molecule has 2 atom stereocenters. The fourth-order valence-electron chi connectivity index (χ4n) is 4.19. The van der Waals surface area contributed by atoms with Crippen molar-refractivity contribution in [1.82, 2.24) is 19.9 Å². The molecule has 2 aromatic heterocycles. The van der Waals surface area contributed by atoms with Gasteiger partial charge in [0.25, 0.3) is 0 Å². The van der Waals surface area contributed by atoms with Gasteiger partial charge in [0.1, 0.15) is 0 Å². The van der Waals surface area contributed by atoms with E-state index < -0.39 is 0 Å². The maximum Gasteiger partial charge on any atom is 0.241 e. The maximum atomic E-state index is 12.2. The number of hydrogen-bond donors (Lipinski definition) is 0. The Bertz CT molecular complexity index is 712. The minimum atomic E-state index is 0.271. The van der Waals surface area contributed by atoms with Crippen molar-refractivity contribution >= 4 is 5.91 Å². The zero-order valence-corrected chi connectivity index (χ0v) is 14.6. The molecule has 4 rings (SSSR count). The van der Waals surface area contributed by atoms with Gasteiger partial charge in [-0.2, -0.15) is 4.98 Å². The number of rotatable bonds is 5. The number of amides is 1. The van der Waals surface area contributed by atoms with E-state index in [2.05, 4.69) is 19.9 Å². The van der Waals surface area contributed by atoms with Crippen LogP contribution in [0.2, 0.25) is 0 Å². The van der Waals surface area contributed by atoms with E-state index >= 15 is 0 Å². The van der Waals surface area contributed by atoms with Crippen molar-refractivity contribution in [2.75, 3.05) is 13.1 Å². The summed E-state index contributed by atoms with van der Waals surface area (Å²) in [7, 11) is 0. The van der Waals surface area contributed by atoms with Gasteiger partial charge in [-0.1, -0.05) is 12.1 Å². The van der Waals surface area contributed by atoms with Gasteiger partial charge in [-0.15, -0.1) is 0 Å². The Balaban J connectivity index is 1.46. The van der Waals surface area contributed by atoms with Crippen molar-refractivity contribution in [3.8, 4) is 11.6 Å². The van der Waals surface area contributed by atoms with Crippen molar-refractivity contribution in [3.05, 3.63) is 24.3 Å². The second-order valence-electron chi connectivity index (χ2n) is 6.82. The molecule has 2 aromatic rings. The van der Waals surface area contributed by atoms with Gasteiger partial charge in [0, 0.05) is 25.0 Å². The summed E-state index contributed by atoms with van der Waals surface area (Å²) in [6.45, 7) is 4.47. The minimum absolute atomic E-state index is 0.271. The van der Waals surface area contributed by atoms with Crippen LogP contribution in [-0.2, 0) is 11.3 Å². The molecule has 0 radical (unpaired) electrons. The summed E-state index contributed by atoms with van der Waals surface area (Å²) in [5.41, 5.74) is 0. The normalized spacial score (nSPS) is 24.3. The number of carbonyl (C=O) groups is 1. The van der Waals surface area contributed by atoms with Crippen LogP contribution >= 0.6 is 0 Å². The first kappa shape index (κ1) is 16.3. The Hall–Kier alpha value is -2.15. The highest BCUT2D eigenvalue weighted by molar-refractivity contribution is 5.76. The molecule has 2 aliphatic rings. The lowest BCUT2D eigenvalue weighted by Crippen LogP contribution is -2.47. The third-order valence-corrected chi connectivity index (χ3v) is 5.33. The monoisotopic (exact) mass is 344 g/mol. The average Bonchev–Trinajstić information content (AvgIpc) is 3.38. The Labute approximate surface area is 147 Å². The summed E-state index contributed by atoms with van der Waals surface area (Å²) >= 11 is 0. The Morgan fingerprint density at radius 1 is 1.28 bits per heavy atom. The van der Waals surface area contributed by atoms with Crippen molar-refractivity contribution in [3.63, 3.8) is 0 Å². The predicted molar refractivity (Wildman–Crippen MR) is 90.5 cm³/mol. The van der Waals surface area contributed by atoms with E-state index in [1.54, 1.807) is 12.3 Å². The lowest BCUT2D eigenvalue weighted by atomic mass is 10.0. The molecule has 2 saturated heterocycles. The lowest BCUT2D eigenvalue weighted by Gasteiger charge is -2.34. The van der Waals surface area contributed by atoms with E-state index in [4.69, 9.17) is 8.94 Å². The van der Waals surface area contributed by atoms with Gasteiger partial charge >= 0.3 is 0 Å². The maximum absolute atomic E-state index is 12.2. The fraction of sp³-hybridized carbons (Fsp3) is 0.611. The summed E-state index contributed by atoms with van der Waals surface area (Å²) < 4.78 is 10.7. The van der Waals surface area contributed by atoms with Gasteiger partial charge in [0.15, 0.2) is 5.76 Å². The number of furan rings is 1. The molecule has 0 aliphatic carbocycles. The standard InChI is InChI=1S/C18H24N4O3/c1-2-17(23)22-10-4-7-14(22)13-6-3-9-21(13)12-16-19-18(20-25-16)15-8-5-11-24-15/h5,8,11,13-14H,2-4,6-7,9-10,12H2,1H3/t13-,14-/m1/s1. The van der Waals surface area contributed by atoms with E-state index in [0.717, 1.165) is 38.8 Å². The Kier molecular flexibility index (Phi) is 4.57. The molecule has 7 heteroatoms. The third kappa shape index (κ3) is 3.20. The second kappa shape index (κ2) is 7.00. The highest BCUT2D eigenvalue weighted by atomic mass is 16.5. The topological polar surface area (TPSA) is 75.6 Å². The van der Waals surface area contributed by atoms with Gasteiger partial charge in [-0.25, -0.2) is 0 Å². The Morgan fingerprint density at radius 2 is 2.12 bits per heavy atom. The van der Waals surface area contributed by atoms with Crippen molar-refractivity contribution < 1.29 is 13.7 Å². The van der Waals surface area contributed by atoms with Gasteiger partial charge < -0.3 is 13.8 Å². The van der Waals surface area contributed by atoms with E-state index in [1.165, 1.54) is 0 Å². The molecule has 1 amide bonds. The Morgan fingerprint density at radius 3 is 2.92 bits per heavy atom. The van der Waals surface area contributed by atoms with E-state index in [9.17, 15) is 4.79 Å².